The summed E-state index contributed by atoms with van der Waals surface area (Å²) in [5.74, 6) is 0.387. The molecule has 9 nitrogen and oxygen atoms in total. The Morgan fingerprint density at radius 1 is 1.17 bits per heavy atom. The van der Waals surface area contributed by atoms with E-state index < -0.39 is 5.91 Å². The van der Waals surface area contributed by atoms with Crippen molar-refractivity contribution < 1.29 is 14.3 Å². The van der Waals surface area contributed by atoms with E-state index in [-0.39, 0.29) is 28.9 Å². The molecule has 2 aromatic heterocycles. The molecule has 1 aliphatic carbocycles. The Kier molecular flexibility index (Phi) is 5.72. The first-order chi connectivity index (χ1) is 16.8. The molecule has 3 heterocycles. The number of nitrogen functional groups attached to an aromatic ring is 1. The lowest BCUT2D eigenvalue weighted by Crippen LogP contribution is -2.48. The number of carbonyl (C=O) groups excluding carboxylic acids is 2. The van der Waals surface area contributed by atoms with Gasteiger partial charge in [-0.1, -0.05) is 18.2 Å². The van der Waals surface area contributed by atoms with E-state index in [9.17, 15) is 9.59 Å². The van der Waals surface area contributed by atoms with Gasteiger partial charge in [0.2, 0.25) is 11.8 Å². The van der Waals surface area contributed by atoms with Crippen LogP contribution in [0.3, 0.4) is 0 Å². The van der Waals surface area contributed by atoms with Crippen molar-refractivity contribution in [3.8, 4) is 22.9 Å². The average Bonchev–Trinajstić information content (AvgIpc) is 3.54. The maximum atomic E-state index is 12.5. The molecule has 1 saturated carbocycles. The first kappa shape index (κ1) is 22.9. The van der Waals surface area contributed by atoms with Crippen LogP contribution < -0.4 is 16.2 Å². The highest BCUT2D eigenvalue weighted by atomic mass is 35.5. The molecule has 1 unspecified atom stereocenters. The van der Waals surface area contributed by atoms with E-state index in [1.54, 1.807) is 41.1 Å². The third-order valence-electron chi connectivity index (χ3n) is 6.77. The highest BCUT2D eigenvalue weighted by Crippen LogP contribution is 2.50. The molecule has 3 aromatic rings. The van der Waals surface area contributed by atoms with Gasteiger partial charge in [0.15, 0.2) is 0 Å². The molecule has 1 saturated heterocycles. The van der Waals surface area contributed by atoms with Gasteiger partial charge in [0.1, 0.15) is 22.8 Å². The van der Waals surface area contributed by atoms with Crippen LogP contribution >= 0.6 is 11.6 Å². The van der Waals surface area contributed by atoms with Crippen LogP contribution in [0.15, 0.2) is 55.3 Å². The fourth-order valence-electron chi connectivity index (χ4n) is 4.76. The number of nitrogens with zero attached hydrogens (tertiary/aromatic N) is 4. The third-order valence-corrected chi connectivity index (χ3v) is 6.99. The number of pyridine rings is 1. The van der Waals surface area contributed by atoms with Crippen molar-refractivity contribution in [2.45, 2.75) is 37.3 Å². The zero-order valence-corrected chi connectivity index (χ0v) is 19.7. The molecule has 4 N–H and O–H groups in total. The van der Waals surface area contributed by atoms with E-state index >= 15 is 0 Å². The molecule has 1 atom stereocenters. The summed E-state index contributed by atoms with van der Waals surface area (Å²) in [5, 5.41) is 5.21. The van der Waals surface area contributed by atoms with Crippen LogP contribution in [-0.2, 0) is 4.79 Å². The Morgan fingerprint density at radius 2 is 1.91 bits per heavy atom. The van der Waals surface area contributed by atoms with Gasteiger partial charge < -0.3 is 21.1 Å². The van der Waals surface area contributed by atoms with Crippen molar-refractivity contribution in [2.75, 3.05) is 12.3 Å². The van der Waals surface area contributed by atoms with Crippen molar-refractivity contribution in [3.63, 3.8) is 0 Å². The van der Waals surface area contributed by atoms with Crippen LogP contribution in [0.4, 0.5) is 5.82 Å². The van der Waals surface area contributed by atoms with E-state index in [0.29, 0.717) is 34.5 Å². The Morgan fingerprint density at radius 3 is 2.51 bits per heavy atom. The second-order valence-corrected chi connectivity index (χ2v) is 9.37. The number of amides is 2. The van der Waals surface area contributed by atoms with Gasteiger partial charge in [0.05, 0.1) is 11.1 Å². The predicted molar refractivity (Wildman–Crippen MR) is 132 cm³/mol. The van der Waals surface area contributed by atoms with Crippen LogP contribution in [-0.4, -0.2) is 43.6 Å². The Labute approximate surface area is 207 Å². The summed E-state index contributed by atoms with van der Waals surface area (Å²) >= 11 is 5.86. The topological polar surface area (TPSA) is 129 Å². The van der Waals surface area contributed by atoms with Gasteiger partial charge in [0.25, 0.3) is 5.91 Å². The van der Waals surface area contributed by atoms with Gasteiger partial charge in [-0.15, -0.1) is 0 Å². The number of piperidine rings is 1. The molecular weight excluding hydrogens is 468 g/mol. The van der Waals surface area contributed by atoms with Crippen molar-refractivity contribution >= 4 is 29.2 Å². The zero-order chi connectivity index (χ0) is 24.7. The van der Waals surface area contributed by atoms with Crippen LogP contribution in [0, 0.1) is 0 Å². The molecule has 35 heavy (non-hydrogen) atoms. The summed E-state index contributed by atoms with van der Waals surface area (Å²) in [6, 6.07) is 10.2. The van der Waals surface area contributed by atoms with Gasteiger partial charge in [-0.05, 0) is 62.1 Å². The standard InChI is InChI=1S/C25H25ClN6O3/c1-2-20(33)31-14-17(9-10-25(31)11-12-25)32-23(27)21(24(28)34)22(30-32)15-3-6-18(7-4-15)35-19-8-5-16(26)13-29-19/h2-8,13,17H,1,9-12,14,27H2,(H2,28,34). The lowest BCUT2D eigenvalue weighted by molar-refractivity contribution is -0.131. The molecule has 1 aliphatic heterocycles. The number of halogens is 1. The van der Waals surface area contributed by atoms with Crippen molar-refractivity contribution in [1.29, 1.82) is 0 Å². The number of primary amides is 1. The number of carbonyl (C=O) groups is 2. The second-order valence-electron chi connectivity index (χ2n) is 8.93. The number of hydrogen-bond acceptors (Lipinski definition) is 6. The summed E-state index contributed by atoms with van der Waals surface area (Å²) in [6.45, 7) is 4.10. The van der Waals surface area contributed by atoms with Crippen LogP contribution in [0.2, 0.25) is 5.02 Å². The molecular formula is C25H25ClN6O3. The summed E-state index contributed by atoms with van der Waals surface area (Å²) in [6.07, 6.45) is 6.48. The summed E-state index contributed by atoms with van der Waals surface area (Å²) in [5.41, 5.74) is 13.2. The van der Waals surface area contributed by atoms with Crippen molar-refractivity contribution in [3.05, 3.63) is 65.8 Å². The molecule has 2 amide bonds. The van der Waals surface area contributed by atoms with Crippen LogP contribution in [0.1, 0.15) is 42.1 Å². The SMILES string of the molecule is C=CC(=O)N1CC(n2nc(-c3ccc(Oc4ccc(Cl)cn4)cc3)c(C(N)=O)c2N)CCC12CC2. The molecule has 5 rings (SSSR count). The van der Waals surface area contributed by atoms with Crippen LogP contribution in [0.25, 0.3) is 11.3 Å². The first-order valence-corrected chi connectivity index (χ1v) is 11.7. The zero-order valence-electron chi connectivity index (χ0n) is 19.0. The number of benzene rings is 1. The number of nitrogens with two attached hydrogens (primary N) is 2. The maximum Gasteiger partial charge on any atom is 0.254 e. The maximum absolute atomic E-state index is 12.5. The minimum absolute atomic E-state index is 0.0756. The van der Waals surface area contributed by atoms with E-state index in [1.165, 1.54) is 12.3 Å². The largest absolute Gasteiger partial charge is 0.439 e. The van der Waals surface area contributed by atoms with Crippen molar-refractivity contribution in [1.82, 2.24) is 19.7 Å². The number of rotatable bonds is 6. The average molecular weight is 493 g/mol. The molecule has 2 aliphatic rings. The number of aromatic nitrogens is 3. The molecule has 2 fully saturated rings. The van der Waals surface area contributed by atoms with Gasteiger partial charge in [0, 0.05) is 29.9 Å². The quantitative estimate of drug-likeness (QED) is 0.501. The Hall–Kier alpha value is -3.85. The number of ether oxygens (including phenoxy) is 1. The summed E-state index contributed by atoms with van der Waals surface area (Å²) in [4.78, 5) is 30.8. The minimum atomic E-state index is -0.664. The van der Waals surface area contributed by atoms with Gasteiger partial charge >= 0.3 is 0 Å². The number of hydrogen-bond donors (Lipinski definition) is 2. The third kappa shape index (κ3) is 4.23. The number of anilines is 1. The fourth-order valence-corrected chi connectivity index (χ4v) is 4.87. The van der Waals surface area contributed by atoms with E-state index in [2.05, 4.69) is 11.6 Å². The van der Waals surface area contributed by atoms with Gasteiger partial charge in [-0.25, -0.2) is 9.67 Å². The first-order valence-electron chi connectivity index (χ1n) is 11.3. The molecule has 0 bridgehead atoms. The predicted octanol–water partition coefficient (Wildman–Crippen LogP) is 3.95. The van der Waals surface area contributed by atoms with Crippen molar-refractivity contribution in [2.24, 2.45) is 5.73 Å². The fraction of sp³-hybridized carbons (Fsp3) is 0.280. The number of likely N-dealkylation sites (tertiary alicyclic amines) is 1. The lowest BCUT2D eigenvalue weighted by Gasteiger charge is -2.40. The van der Waals surface area contributed by atoms with Gasteiger partial charge in [-0.2, -0.15) is 5.10 Å². The van der Waals surface area contributed by atoms with Gasteiger partial charge in [-0.3, -0.25) is 9.59 Å². The van der Waals surface area contributed by atoms with Crippen LogP contribution in [0.5, 0.6) is 11.6 Å². The summed E-state index contributed by atoms with van der Waals surface area (Å²) < 4.78 is 7.37. The summed E-state index contributed by atoms with van der Waals surface area (Å²) in [7, 11) is 0. The minimum Gasteiger partial charge on any atom is -0.439 e. The molecule has 0 radical (unpaired) electrons. The normalized spacial score (nSPS) is 18.3. The van der Waals surface area contributed by atoms with E-state index in [4.69, 9.17) is 32.9 Å². The highest BCUT2D eigenvalue weighted by Gasteiger charge is 2.52. The lowest BCUT2D eigenvalue weighted by atomic mass is 9.96. The second kappa shape index (κ2) is 8.74. The molecule has 180 valence electrons. The Balaban J connectivity index is 1.43. The van der Waals surface area contributed by atoms with E-state index in [1.807, 2.05) is 4.90 Å². The van der Waals surface area contributed by atoms with E-state index in [0.717, 1.165) is 25.7 Å². The smallest absolute Gasteiger partial charge is 0.254 e. The monoisotopic (exact) mass is 492 g/mol. The highest BCUT2D eigenvalue weighted by molar-refractivity contribution is 6.30. The molecule has 1 spiro atoms. The molecule has 1 aromatic carbocycles. The molecule has 10 heteroatoms. The Bertz CT molecular complexity index is 1300.